The highest BCUT2D eigenvalue weighted by Crippen LogP contribution is 2.21. The summed E-state index contributed by atoms with van der Waals surface area (Å²) in [5.74, 6) is 1.60. The number of aromatic nitrogens is 1. The molecule has 0 fully saturated rings. The number of rotatable bonds is 10. The number of benzene rings is 3. The van der Waals surface area contributed by atoms with E-state index in [9.17, 15) is 4.79 Å². The number of carbonyl (C=O) groups is 1. The molecule has 0 unspecified atom stereocenters. The number of hydrogen-bond acceptors (Lipinski definition) is 5. The van der Waals surface area contributed by atoms with Crippen LogP contribution in [0.25, 0.3) is 5.69 Å². The van der Waals surface area contributed by atoms with Crippen molar-refractivity contribution in [1.82, 2.24) is 9.99 Å². The number of hydrogen-bond donors (Lipinski definition) is 1. The Hall–Kier alpha value is -5.04. The largest absolute Gasteiger partial charge is 0.488 e. The van der Waals surface area contributed by atoms with Gasteiger partial charge in [-0.3, -0.25) is 4.79 Å². The minimum absolute atomic E-state index is 0.147. The normalized spacial score (nSPS) is 11.0. The Bertz CT molecular complexity index is 1550. The van der Waals surface area contributed by atoms with Gasteiger partial charge in [-0.1, -0.05) is 42.5 Å². The zero-order valence-electron chi connectivity index (χ0n) is 21.8. The number of aryl methyl sites for hydroxylation is 2. The van der Waals surface area contributed by atoms with Gasteiger partial charge in [-0.25, -0.2) is 5.43 Å². The fourth-order valence-corrected chi connectivity index (χ4v) is 4.17. The van der Waals surface area contributed by atoms with Crippen LogP contribution in [0.4, 0.5) is 0 Å². The molecule has 2 heterocycles. The molecule has 0 bridgehead atoms. The molecule has 5 rings (SSSR count). The van der Waals surface area contributed by atoms with Crippen molar-refractivity contribution < 1.29 is 18.7 Å². The fraction of sp³-hybridized carbons (Fsp3) is 0.125. The van der Waals surface area contributed by atoms with Crippen molar-refractivity contribution in [2.24, 2.45) is 5.10 Å². The summed E-state index contributed by atoms with van der Waals surface area (Å²) in [7, 11) is 0. The molecule has 7 heteroatoms. The molecule has 0 atom stereocenters. The van der Waals surface area contributed by atoms with E-state index in [1.807, 2.05) is 78.9 Å². The Morgan fingerprint density at radius 3 is 2.31 bits per heavy atom. The number of hydrazone groups is 1. The van der Waals surface area contributed by atoms with Crippen molar-refractivity contribution in [3.63, 3.8) is 0 Å². The second-order valence-corrected chi connectivity index (χ2v) is 9.01. The van der Waals surface area contributed by atoms with Gasteiger partial charge in [-0.15, -0.1) is 0 Å². The van der Waals surface area contributed by atoms with E-state index in [2.05, 4.69) is 41.1 Å². The third kappa shape index (κ3) is 6.45. The Morgan fingerprint density at radius 1 is 0.821 bits per heavy atom. The van der Waals surface area contributed by atoms with E-state index in [0.717, 1.165) is 16.8 Å². The first-order chi connectivity index (χ1) is 19.1. The third-order valence-electron chi connectivity index (χ3n) is 6.16. The maximum atomic E-state index is 12.5. The van der Waals surface area contributed by atoms with E-state index in [0.29, 0.717) is 23.9 Å². The summed E-state index contributed by atoms with van der Waals surface area (Å²) in [6.07, 6.45) is 1.55. The van der Waals surface area contributed by atoms with Crippen LogP contribution in [0.15, 0.2) is 113 Å². The molecule has 0 aliphatic carbocycles. The molecular formula is C32H29N3O4. The predicted octanol–water partition coefficient (Wildman–Crippen LogP) is 6.61. The monoisotopic (exact) mass is 519 g/mol. The molecule has 5 aromatic rings. The molecule has 1 amide bonds. The highest BCUT2D eigenvalue weighted by atomic mass is 16.5. The standard InChI is InChI=1S/C32H29N3O4/c1-23-12-13-24(2)35(23)27-14-16-28(17-15-27)37-22-29-18-19-31(39-29)32(36)34-33-20-26-10-6-7-11-30(26)38-21-25-8-4-3-5-9-25/h3-20H,21-22H2,1-2H3,(H,34,36)/b33-20+. The van der Waals surface area contributed by atoms with Gasteiger partial charge in [0.25, 0.3) is 0 Å². The van der Waals surface area contributed by atoms with Gasteiger partial charge in [0.1, 0.15) is 30.5 Å². The highest BCUT2D eigenvalue weighted by Gasteiger charge is 2.11. The van der Waals surface area contributed by atoms with Gasteiger partial charge in [-0.2, -0.15) is 5.10 Å². The lowest BCUT2D eigenvalue weighted by molar-refractivity contribution is 0.0923. The van der Waals surface area contributed by atoms with Crippen molar-refractivity contribution in [3.8, 4) is 17.2 Å². The summed E-state index contributed by atoms with van der Waals surface area (Å²) in [4.78, 5) is 12.5. The lowest BCUT2D eigenvalue weighted by atomic mass is 10.2. The van der Waals surface area contributed by atoms with Crippen LogP contribution in [0.5, 0.6) is 11.5 Å². The third-order valence-corrected chi connectivity index (χ3v) is 6.16. The van der Waals surface area contributed by atoms with Gasteiger partial charge >= 0.3 is 5.91 Å². The smallest absolute Gasteiger partial charge is 0.307 e. The van der Waals surface area contributed by atoms with Crippen molar-refractivity contribution in [3.05, 3.63) is 137 Å². The molecule has 0 saturated heterocycles. The average molecular weight is 520 g/mol. The Morgan fingerprint density at radius 2 is 1.54 bits per heavy atom. The Kier molecular flexibility index (Phi) is 7.88. The van der Waals surface area contributed by atoms with Crippen LogP contribution in [0.1, 0.15) is 38.8 Å². The van der Waals surface area contributed by atoms with Gasteiger partial charge in [-0.05, 0) is 80.1 Å². The summed E-state index contributed by atoms with van der Waals surface area (Å²) < 4.78 is 19.6. The second-order valence-electron chi connectivity index (χ2n) is 9.01. The van der Waals surface area contributed by atoms with Crippen LogP contribution in [0.2, 0.25) is 0 Å². The van der Waals surface area contributed by atoms with Gasteiger partial charge in [0.05, 0.1) is 6.21 Å². The first kappa shape index (κ1) is 25.6. The first-order valence-electron chi connectivity index (χ1n) is 12.6. The van der Waals surface area contributed by atoms with Crippen molar-refractivity contribution in [1.29, 1.82) is 0 Å². The summed E-state index contributed by atoms with van der Waals surface area (Å²) in [5.41, 5.74) is 7.73. The Balaban J connectivity index is 1.13. The molecule has 3 aromatic carbocycles. The maximum absolute atomic E-state index is 12.5. The molecule has 0 saturated carbocycles. The van der Waals surface area contributed by atoms with Crippen LogP contribution >= 0.6 is 0 Å². The molecule has 0 radical (unpaired) electrons. The summed E-state index contributed by atoms with van der Waals surface area (Å²) in [6.45, 7) is 4.79. The van der Waals surface area contributed by atoms with E-state index < -0.39 is 5.91 Å². The quantitative estimate of drug-likeness (QED) is 0.166. The van der Waals surface area contributed by atoms with Crippen molar-refractivity contribution in [2.75, 3.05) is 0 Å². The van der Waals surface area contributed by atoms with Gasteiger partial charge in [0.15, 0.2) is 5.76 Å². The maximum Gasteiger partial charge on any atom is 0.307 e. The molecule has 39 heavy (non-hydrogen) atoms. The van der Waals surface area contributed by atoms with E-state index in [4.69, 9.17) is 13.9 Å². The summed E-state index contributed by atoms with van der Waals surface area (Å²) >= 11 is 0. The van der Waals surface area contributed by atoms with Crippen molar-refractivity contribution >= 4 is 12.1 Å². The number of para-hydroxylation sites is 1. The van der Waals surface area contributed by atoms with Crippen LogP contribution in [0, 0.1) is 13.8 Å². The first-order valence-corrected chi connectivity index (χ1v) is 12.6. The van der Waals surface area contributed by atoms with Crippen molar-refractivity contribution in [2.45, 2.75) is 27.1 Å². The van der Waals surface area contributed by atoms with E-state index in [-0.39, 0.29) is 12.4 Å². The summed E-state index contributed by atoms with van der Waals surface area (Å²) in [5, 5.41) is 4.08. The molecule has 1 N–H and O–H groups in total. The zero-order valence-corrected chi connectivity index (χ0v) is 21.8. The van der Waals surface area contributed by atoms with Crippen LogP contribution in [-0.4, -0.2) is 16.7 Å². The topological polar surface area (TPSA) is 78.0 Å². The zero-order chi connectivity index (χ0) is 27.0. The van der Waals surface area contributed by atoms with Crippen LogP contribution < -0.4 is 14.9 Å². The number of nitrogens with one attached hydrogen (secondary N) is 1. The number of amides is 1. The number of carbonyl (C=O) groups excluding carboxylic acids is 1. The minimum atomic E-state index is -0.456. The number of nitrogens with zero attached hydrogens (tertiary/aromatic N) is 2. The predicted molar refractivity (Wildman–Crippen MR) is 151 cm³/mol. The van der Waals surface area contributed by atoms with E-state index >= 15 is 0 Å². The molecule has 0 aliphatic heterocycles. The second kappa shape index (κ2) is 12.0. The van der Waals surface area contributed by atoms with Crippen LogP contribution in [-0.2, 0) is 13.2 Å². The lowest BCUT2D eigenvalue weighted by Crippen LogP contribution is -2.16. The van der Waals surface area contributed by atoms with Gasteiger partial charge in [0.2, 0.25) is 0 Å². The summed E-state index contributed by atoms with van der Waals surface area (Å²) in [6, 6.07) is 32.8. The SMILES string of the molecule is Cc1ccc(C)n1-c1ccc(OCc2ccc(C(=O)N/N=C/c3ccccc3OCc3ccccc3)o2)cc1. The lowest BCUT2D eigenvalue weighted by Gasteiger charge is -2.10. The van der Waals surface area contributed by atoms with E-state index in [1.165, 1.54) is 11.4 Å². The fourth-order valence-electron chi connectivity index (χ4n) is 4.17. The average Bonchev–Trinajstić information content (AvgIpc) is 3.58. The minimum Gasteiger partial charge on any atom is -0.488 e. The molecule has 2 aromatic heterocycles. The highest BCUT2D eigenvalue weighted by molar-refractivity contribution is 5.92. The molecule has 0 spiro atoms. The van der Waals surface area contributed by atoms with Gasteiger partial charge < -0.3 is 18.5 Å². The van der Waals surface area contributed by atoms with E-state index in [1.54, 1.807) is 18.3 Å². The Labute approximate surface area is 227 Å². The van der Waals surface area contributed by atoms with Crippen LogP contribution in [0.3, 0.4) is 0 Å². The molecule has 7 nitrogen and oxygen atoms in total. The number of furan rings is 1. The molecule has 0 aliphatic rings. The number of ether oxygens (including phenoxy) is 2. The molecular weight excluding hydrogens is 490 g/mol. The molecule has 196 valence electrons. The van der Waals surface area contributed by atoms with Gasteiger partial charge in [0, 0.05) is 22.6 Å².